The molecule has 0 aliphatic carbocycles. The molecule has 0 saturated carbocycles. The van der Waals surface area contributed by atoms with E-state index in [1.165, 1.54) is 0 Å². The van der Waals surface area contributed by atoms with E-state index in [1.54, 1.807) is 24.5 Å². The Morgan fingerprint density at radius 3 is 3.20 bits per heavy atom. The van der Waals surface area contributed by atoms with E-state index in [-0.39, 0.29) is 5.91 Å². The number of amides is 1. The minimum absolute atomic E-state index is 0.0560. The van der Waals surface area contributed by atoms with Crippen molar-refractivity contribution in [2.75, 3.05) is 20.3 Å². The zero-order chi connectivity index (χ0) is 10.9. The van der Waals surface area contributed by atoms with Gasteiger partial charge in [0.1, 0.15) is 0 Å². The third kappa shape index (κ3) is 5.34. The summed E-state index contributed by atoms with van der Waals surface area (Å²) < 4.78 is 4.87. The predicted molar refractivity (Wildman–Crippen MR) is 62.9 cm³/mol. The van der Waals surface area contributed by atoms with Crippen molar-refractivity contribution in [3.8, 4) is 0 Å². The van der Waals surface area contributed by atoms with E-state index in [1.807, 2.05) is 23.6 Å². The number of carbonyl (C=O) groups excluding carboxylic acids is 1. The molecule has 82 valence electrons. The van der Waals surface area contributed by atoms with E-state index in [0.717, 1.165) is 11.3 Å². The first-order valence-electron chi connectivity index (χ1n) is 4.81. The van der Waals surface area contributed by atoms with Gasteiger partial charge in [0.05, 0.1) is 0 Å². The molecule has 1 N–H and O–H groups in total. The van der Waals surface area contributed by atoms with E-state index in [4.69, 9.17) is 4.74 Å². The van der Waals surface area contributed by atoms with Crippen LogP contribution in [0.1, 0.15) is 11.3 Å². The lowest BCUT2D eigenvalue weighted by molar-refractivity contribution is -0.116. The molecular weight excluding hydrogens is 210 g/mol. The van der Waals surface area contributed by atoms with Crippen molar-refractivity contribution in [3.63, 3.8) is 0 Å². The largest absolute Gasteiger partial charge is 0.385 e. The van der Waals surface area contributed by atoms with Gasteiger partial charge < -0.3 is 10.1 Å². The van der Waals surface area contributed by atoms with Crippen LogP contribution in [0.4, 0.5) is 0 Å². The summed E-state index contributed by atoms with van der Waals surface area (Å²) in [6.07, 6.45) is 4.21. The standard InChI is InChI=1S/C11H15NO2S/c1-14-8-3-7-12-11(13)6-5-10-4-2-9-15-10/h2,4-6,9H,3,7-8H2,1H3,(H,12,13). The van der Waals surface area contributed by atoms with Gasteiger partial charge in [-0.3, -0.25) is 4.79 Å². The van der Waals surface area contributed by atoms with Gasteiger partial charge in [0.15, 0.2) is 0 Å². The van der Waals surface area contributed by atoms with Crippen molar-refractivity contribution in [2.24, 2.45) is 0 Å². The first-order valence-corrected chi connectivity index (χ1v) is 5.69. The number of carbonyl (C=O) groups is 1. The first-order chi connectivity index (χ1) is 7.33. The molecule has 1 rings (SSSR count). The minimum Gasteiger partial charge on any atom is -0.385 e. The smallest absolute Gasteiger partial charge is 0.244 e. The molecule has 15 heavy (non-hydrogen) atoms. The lowest BCUT2D eigenvalue weighted by Gasteiger charge is -2.00. The van der Waals surface area contributed by atoms with Crippen molar-refractivity contribution in [2.45, 2.75) is 6.42 Å². The molecule has 0 atom stereocenters. The third-order valence-corrected chi connectivity index (χ3v) is 2.60. The Morgan fingerprint density at radius 2 is 2.53 bits per heavy atom. The highest BCUT2D eigenvalue weighted by molar-refractivity contribution is 7.10. The number of hydrogen-bond donors (Lipinski definition) is 1. The van der Waals surface area contributed by atoms with Crippen LogP contribution in [-0.4, -0.2) is 26.2 Å². The zero-order valence-electron chi connectivity index (χ0n) is 8.73. The summed E-state index contributed by atoms with van der Waals surface area (Å²) in [6.45, 7) is 1.33. The Balaban J connectivity index is 2.18. The lowest BCUT2D eigenvalue weighted by atomic mass is 10.4. The molecule has 0 aliphatic heterocycles. The highest BCUT2D eigenvalue weighted by atomic mass is 32.1. The van der Waals surface area contributed by atoms with Gasteiger partial charge in [-0.05, 0) is 23.9 Å². The molecule has 1 aromatic heterocycles. The maximum Gasteiger partial charge on any atom is 0.244 e. The van der Waals surface area contributed by atoms with E-state index < -0.39 is 0 Å². The molecule has 0 spiro atoms. The third-order valence-electron chi connectivity index (χ3n) is 1.77. The maximum atomic E-state index is 11.3. The van der Waals surface area contributed by atoms with Gasteiger partial charge in [-0.25, -0.2) is 0 Å². The second-order valence-corrected chi connectivity index (χ2v) is 3.97. The van der Waals surface area contributed by atoms with Crippen LogP contribution in [0, 0.1) is 0 Å². The summed E-state index contributed by atoms with van der Waals surface area (Å²) >= 11 is 1.61. The van der Waals surface area contributed by atoms with Crippen LogP contribution < -0.4 is 5.32 Å². The second kappa shape index (κ2) is 7.20. The monoisotopic (exact) mass is 225 g/mol. The Kier molecular flexibility index (Phi) is 5.73. The summed E-state index contributed by atoms with van der Waals surface area (Å²) in [5.41, 5.74) is 0. The van der Waals surface area contributed by atoms with Crippen molar-refractivity contribution in [3.05, 3.63) is 28.5 Å². The molecule has 0 bridgehead atoms. The quantitative estimate of drug-likeness (QED) is 0.593. The van der Waals surface area contributed by atoms with Crippen LogP contribution in [0.25, 0.3) is 6.08 Å². The average molecular weight is 225 g/mol. The van der Waals surface area contributed by atoms with Gasteiger partial charge in [0, 0.05) is 31.2 Å². The maximum absolute atomic E-state index is 11.3. The summed E-state index contributed by atoms with van der Waals surface area (Å²) in [6, 6.07) is 3.93. The molecule has 1 heterocycles. The van der Waals surface area contributed by atoms with Crippen molar-refractivity contribution in [1.82, 2.24) is 5.32 Å². The predicted octanol–water partition coefficient (Wildman–Crippen LogP) is 1.91. The number of hydrogen-bond acceptors (Lipinski definition) is 3. The second-order valence-electron chi connectivity index (χ2n) is 2.99. The molecule has 1 aromatic rings. The average Bonchev–Trinajstić information content (AvgIpc) is 2.74. The normalized spacial score (nSPS) is 10.7. The van der Waals surface area contributed by atoms with Crippen LogP contribution in [0.5, 0.6) is 0 Å². The van der Waals surface area contributed by atoms with Gasteiger partial charge >= 0.3 is 0 Å². The molecule has 0 saturated heterocycles. The first kappa shape index (κ1) is 11.9. The van der Waals surface area contributed by atoms with E-state index in [9.17, 15) is 4.79 Å². The SMILES string of the molecule is COCCCNC(=O)C=Cc1cccs1. The van der Waals surface area contributed by atoms with Crippen LogP contribution in [0.3, 0.4) is 0 Å². The summed E-state index contributed by atoms with van der Waals surface area (Å²) in [4.78, 5) is 12.4. The Bertz CT molecular complexity index is 306. The summed E-state index contributed by atoms with van der Waals surface area (Å²) in [5, 5.41) is 4.76. The fourth-order valence-electron chi connectivity index (χ4n) is 1.03. The molecule has 0 aliphatic rings. The Hall–Kier alpha value is -1.13. The van der Waals surface area contributed by atoms with Gasteiger partial charge in [0.25, 0.3) is 0 Å². The minimum atomic E-state index is -0.0560. The van der Waals surface area contributed by atoms with Crippen molar-refractivity contribution < 1.29 is 9.53 Å². The van der Waals surface area contributed by atoms with Gasteiger partial charge in [-0.1, -0.05) is 6.07 Å². The van der Waals surface area contributed by atoms with Crippen LogP contribution in [-0.2, 0) is 9.53 Å². The van der Waals surface area contributed by atoms with E-state index in [2.05, 4.69) is 5.32 Å². The molecule has 0 fully saturated rings. The van der Waals surface area contributed by atoms with Gasteiger partial charge in [-0.15, -0.1) is 11.3 Å². The molecule has 3 nitrogen and oxygen atoms in total. The highest BCUT2D eigenvalue weighted by Crippen LogP contribution is 2.09. The molecule has 4 heteroatoms. The summed E-state index contributed by atoms with van der Waals surface area (Å²) in [7, 11) is 1.65. The number of methoxy groups -OCH3 is 1. The number of nitrogens with one attached hydrogen (secondary N) is 1. The summed E-state index contributed by atoms with van der Waals surface area (Å²) in [5.74, 6) is -0.0560. The number of ether oxygens (including phenoxy) is 1. The molecule has 1 amide bonds. The molecule has 0 unspecified atom stereocenters. The fraction of sp³-hybridized carbons (Fsp3) is 0.364. The van der Waals surface area contributed by atoms with Gasteiger partial charge in [0.2, 0.25) is 5.91 Å². The lowest BCUT2D eigenvalue weighted by Crippen LogP contribution is -2.22. The van der Waals surface area contributed by atoms with Crippen LogP contribution in [0.15, 0.2) is 23.6 Å². The van der Waals surface area contributed by atoms with E-state index in [0.29, 0.717) is 13.2 Å². The van der Waals surface area contributed by atoms with Crippen molar-refractivity contribution in [1.29, 1.82) is 0 Å². The zero-order valence-corrected chi connectivity index (χ0v) is 9.55. The Morgan fingerprint density at radius 1 is 1.67 bits per heavy atom. The van der Waals surface area contributed by atoms with Crippen molar-refractivity contribution >= 4 is 23.3 Å². The van der Waals surface area contributed by atoms with Gasteiger partial charge in [-0.2, -0.15) is 0 Å². The topological polar surface area (TPSA) is 38.3 Å². The van der Waals surface area contributed by atoms with Crippen LogP contribution in [0.2, 0.25) is 0 Å². The molecule has 0 radical (unpaired) electrons. The number of thiophene rings is 1. The highest BCUT2D eigenvalue weighted by Gasteiger charge is 1.94. The molecular formula is C11H15NO2S. The Labute approximate surface area is 93.8 Å². The van der Waals surface area contributed by atoms with Crippen LogP contribution >= 0.6 is 11.3 Å². The number of rotatable bonds is 6. The fourth-order valence-corrected chi connectivity index (χ4v) is 1.65. The molecule has 0 aromatic carbocycles. The van der Waals surface area contributed by atoms with E-state index >= 15 is 0 Å².